The largest absolute Gasteiger partial charge is 0.432 e. The predicted molar refractivity (Wildman–Crippen MR) is 118 cm³/mol. The number of carbonyl (C=O) groups excluding carboxylic acids is 1. The first-order valence-electron chi connectivity index (χ1n) is 10.2. The van der Waals surface area contributed by atoms with Gasteiger partial charge in [-0.1, -0.05) is 40.7 Å². The van der Waals surface area contributed by atoms with Crippen molar-refractivity contribution < 1.29 is 19.1 Å². The highest BCUT2D eigenvalue weighted by atomic mass is 28.4. The SMILES string of the molecule is CC(C)(C[C@@H]1CC(=O)C[C@@H](O)C1=CCCO[Si](C)(C)C(C)(C)C)[Si](C)(C)O. The zero-order valence-corrected chi connectivity index (χ0v) is 21.0. The first-order chi connectivity index (χ1) is 12.0. The number of rotatable bonds is 7. The monoisotopic (exact) mass is 414 g/mol. The van der Waals surface area contributed by atoms with Crippen LogP contribution in [0.2, 0.25) is 36.3 Å². The molecule has 6 heteroatoms. The highest BCUT2D eigenvalue weighted by molar-refractivity contribution is 6.74. The summed E-state index contributed by atoms with van der Waals surface area (Å²) in [6, 6.07) is 0. The van der Waals surface area contributed by atoms with Crippen molar-refractivity contribution in [3.63, 3.8) is 0 Å². The van der Waals surface area contributed by atoms with Gasteiger partial charge in [-0.2, -0.15) is 0 Å². The molecule has 0 radical (unpaired) electrons. The van der Waals surface area contributed by atoms with Crippen molar-refractivity contribution in [2.24, 2.45) is 5.92 Å². The minimum Gasteiger partial charge on any atom is -0.432 e. The molecule has 158 valence electrons. The van der Waals surface area contributed by atoms with Gasteiger partial charge in [-0.3, -0.25) is 4.79 Å². The maximum absolute atomic E-state index is 12.1. The Morgan fingerprint density at radius 2 is 1.67 bits per heavy atom. The Kier molecular flexibility index (Phi) is 7.90. The molecule has 0 spiro atoms. The second kappa shape index (κ2) is 8.61. The summed E-state index contributed by atoms with van der Waals surface area (Å²) >= 11 is 0. The molecule has 0 aromatic heterocycles. The molecule has 0 aliphatic heterocycles. The highest BCUT2D eigenvalue weighted by Crippen LogP contribution is 2.46. The molecule has 4 nitrogen and oxygen atoms in total. The standard InChI is InChI=1S/C21H42O4Si2/c1-20(2,3)27(8,9)25-12-10-11-18-16(13-17(22)14-19(18)23)15-21(4,5)26(6,7)24/h11,16,19,23-24H,10,12-15H2,1-9H3/t16-,19+/m0/s1. The van der Waals surface area contributed by atoms with Crippen LogP contribution in [0.15, 0.2) is 11.6 Å². The summed E-state index contributed by atoms with van der Waals surface area (Å²) < 4.78 is 6.24. The van der Waals surface area contributed by atoms with E-state index in [9.17, 15) is 14.7 Å². The number of hydrogen-bond donors (Lipinski definition) is 2. The summed E-state index contributed by atoms with van der Waals surface area (Å²) in [6.07, 6.45) is 3.58. The van der Waals surface area contributed by atoms with Crippen LogP contribution in [0.1, 0.15) is 60.3 Å². The fourth-order valence-electron chi connectivity index (χ4n) is 3.20. The molecule has 1 saturated carbocycles. The summed E-state index contributed by atoms with van der Waals surface area (Å²) in [5.74, 6) is 0.137. The Balaban J connectivity index is 2.87. The maximum Gasteiger partial charge on any atom is 0.191 e. The summed E-state index contributed by atoms with van der Waals surface area (Å²) in [5.41, 5.74) is 0.972. The van der Waals surface area contributed by atoms with Gasteiger partial charge in [-0.25, -0.2) is 0 Å². The topological polar surface area (TPSA) is 66.8 Å². The molecular weight excluding hydrogens is 372 g/mol. The highest BCUT2D eigenvalue weighted by Gasteiger charge is 2.42. The molecule has 1 aliphatic rings. The summed E-state index contributed by atoms with van der Waals surface area (Å²) in [7, 11) is -4.14. The van der Waals surface area contributed by atoms with Crippen molar-refractivity contribution in [3.05, 3.63) is 11.6 Å². The van der Waals surface area contributed by atoms with E-state index in [-0.39, 0.29) is 28.2 Å². The summed E-state index contributed by atoms with van der Waals surface area (Å²) in [5, 5.41) is 10.5. The van der Waals surface area contributed by atoms with Gasteiger partial charge in [0.25, 0.3) is 0 Å². The first kappa shape index (κ1) is 24.8. The fourth-order valence-corrected chi connectivity index (χ4v) is 5.00. The fraction of sp³-hybridized carbons (Fsp3) is 0.857. The molecule has 2 atom stereocenters. The Bertz CT molecular complexity index is 554. The van der Waals surface area contributed by atoms with Crippen LogP contribution in [0.4, 0.5) is 0 Å². The average Bonchev–Trinajstić information content (AvgIpc) is 2.42. The van der Waals surface area contributed by atoms with Gasteiger partial charge >= 0.3 is 0 Å². The Morgan fingerprint density at radius 1 is 1.11 bits per heavy atom. The van der Waals surface area contributed by atoms with Gasteiger partial charge in [0.05, 0.1) is 6.10 Å². The summed E-state index contributed by atoms with van der Waals surface area (Å²) in [6.45, 7) is 19.9. The molecule has 1 rings (SSSR count). The molecule has 0 aromatic rings. The van der Waals surface area contributed by atoms with E-state index in [1.54, 1.807) is 0 Å². The van der Waals surface area contributed by atoms with Crippen molar-refractivity contribution in [2.45, 2.75) is 103 Å². The number of hydrogen-bond acceptors (Lipinski definition) is 4. The Labute approximate surface area is 168 Å². The molecule has 0 saturated heterocycles. The molecule has 2 N–H and O–H groups in total. The van der Waals surface area contributed by atoms with Gasteiger partial charge < -0.3 is 14.3 Å². The molecule has 0 aromatic carbocycles. The minimum absolute atomic E-state index is 0.0167. The lowest BCUT2D eigenvalue weighted by molar-refractivity contribution is -0.123. The van der Waals surface area contributed by atoms with Crippen molar-refractivity contribution in [3.8, 4) is 0 Å². The van der Waals surface area contributed by atoms with E-state index in [0.717, 1.165) is 18.4 Å². The third-order valence-corrected chi connectivity index (χ3v) is 15.0. The maximum atomic E-state index is 12.1. The van der Waals surface area contributed by atoms with Crippen LogP contribution in [0, 0.1) is 5.92 Å². The smallest absolute Gasteiger partial charge is 0.191 e. The molecule has 1 aliphatic carbocycles. The molecular formula is C21H42O4Si2. The van der Waals surface area contributed by atoms with E-state index < -0.39 is 22.7 Å². The molecule has 27 heavy (non-hydrogen) atoms. The zero-order chi connectivity index (χ0) is 21.3. The number of aliphatic hydroxyl groups excluding tert-OH is 1. The van der Waals surface area contributed by atoms with Crippen LogP contribution in [0.3, 0.4) is 0 Å². The van der Waals surface area contributed by atoms with Crippen LogP contribution < -0.4 is 0 Å². The first-order valence-corrected chi connectivity index (χ1v) is 16.1. The number of ketones is 1. The van der Waals surface area contributed by atoms with E-state index in [4.69, 9.17) is 4.43 Å². The van der Waals surface area contributed by atoms with E-state index in [0.29, 0.717) is 13.0 Å². The summed E-state index contributed by atoms with van der Waals surface area (Å²) in [4.78, 5) is 22.7. The lowest BCUT2D eigenvalue weighted by atomic mass is 9.77. The van der Waals surface area contributed by atoms with Crippen LogP contribution in [0.25, 0.3) is 0 Å². The van der Waals surface area contributed by atoms with Gasteiger partial charge in [0.15, 0.2) is 16.6 Å². The number of carbonyl (C=O) groups is 1. The number of aliphatic hydroxyl groups is 1. The minimum atomic E-state index is -2.37. The van der Waals surface area contributed by atoms with Crippen molar-refractivity contribution >= 4 is 22.4 Å². The lowest BCUT2D eigenvalue weighted by Gasteiger charge is -2.40. The molecule has 0 heterocycles. The average molecular weight is 415 g/mol. The molecule has 0 amide bonds. The van der Waals surface area contributed by atoms with Gasteiger partial charge in [-0.15, -0.1) is 0 Å². The van der Waals surface area contributed by atoms with Crippen LogP contribution >= 0.6 is 0 Å². The van der Waals surface area contributed by atoms with E-state index in [2.05, 4.69) is 53.8 Å². The molecule has 1 fully saturated rings. The van der Waals surface area contributed by atoms with Gasteiger partial charge in [0.1, 0.15) is 5.78 Å². The van der Waals surface area contributed by atoms with Crippen LogP contribution in [-0.4, -0.2) is 45.0 Å². The van der Waals surface area contributed by atoms with Gasteiger partial charge in [0.2, 0.25) is 0 Å². The van der Waals surface area contributed by atoms with Gasteiger partial charge in [0, 0.05) is 19.4 Å². The van der Waals surface area contributed by atoms with Crippen molar-refractivity contribution in [1.82, 2.24) is 0 Å². The quantitative estimate of drug-likeness (QED) is 0.348. The third kappa shape index (κ3) is 6.63. The van der Waals surface area contributed by atoms with Gasteiger partial charge in [-0.05, 0) is 60.6 Å². The molecule has 0 bridgehead atoms. The number of Topliss-reactive ketones (excluding diaryl/α,β-unsaturated/α-hetero) is 1. The van der Waals surface area contributed by atoms with E-state index in [1.807, 2.05) is 13.1 Å². The molecule has 0 unspecified atom stereocenters. The van der Waals surface area contributed by atoms with E-state index in [1.165, 1.54) is 0 Å². The van der Waals surface area contributed by atoms with Crippen LogP contribution in [-0.2, 0) is 9.22 Å². The second-order valence-electron chi connectivity index (χ2n) is 10.9. The van der Waals surface area contributed by atoms with Crippen LogP contribution in [0.5, 0.6) is 0 Å². The second-order valence-corrected chi connectivity index (χ2v) is 20.2. The predicted octanol–water partition coefficient (Wildman–Crippen LogP) is 5.03. The third-order valence-electron chi connectivity index (χ3n) is 6.93. The van der Waals surface area contributed by atoms with Crippen molar-refractivity contribution in [1.29, 1.82) is 0 Å². The Hall–Kier alpha value is -0.276. The van der Waals surface area contributed by atoms with Crippen molar-refractivity contribution in [2.75, 3.05) is 6.61 Å². The Morgan fingerprint density at radius 3 is 2.15 bits per heavy atom. The van der Waals surface area contributed by atoms with E-state index >= 15 is 0 Å². The normalized spacial score (nSPS) is 24.6. The lowest BCUT2D eigenvalue weighted by Crippen LogP contribution is -2.42. The zero-order valence-electron chi connectivity index (χ0n) is 19.0.